The minimum absolute atomic E-state index is 0.474. The fourth-order valence-electron chi connectivity index (χ4n) is 1.40. The van der Waals surface area contributed by atoms with Crippen LogP contribution in [0.15, 0.2) is 18.2 Å². The number of carbonyl (C=O) groups is 1. The fourth-order valence-corrected chi connectivity index (χ4v) is 1.40. The second-order valence-corrected chi connectivity index (χ2v) is 3.80. The van der Waals surface area contributed by atoms with E-state index in [0.29, 0.717) is 5.69 Å². The molecule has 2 amide bonds. The van der Waals surface area contributed by atoms with E-state index in [2.05, 4.69) is 5.32 Å². The fraction of sp³-hybridized carbons (Fsp3) is 0.364. The van der Waals surface area contributed by atoms with E-state index < -0.39 is 18.8 Å². The Balaban J connectivity index is 2.56. The highest BCUT2D eigenvalue weighted by molar-refractivity contribution is 5.89. The van der Waals surface area contributed by atoms with Gasteiger partial charge in [0.15, 0.2) is 0 Å². The Labute approximate surface area is 97.0 Å². The van der Waals surface area contributed by atoms with E-state index in [-0.39, 0.29) is 0 Å². The highest BCUT2D eigenvalue weighted by Crippen LogP contribution is 2.14. The highest BCUT2D eigenvalue weighted by Gasteiger charge is 2.27. The number of nitrogens with one attached hydrogen (secondary N) is 2. The average Bonchev–Trinajstić information content (AvgIpc) is 2.11. The highest BCUT2D eigenvalue weighted by atomic mass is 19.4. The topological polar surface area (TPSA) is 41.1 Å². The number of amides is 2. The molecule has 0 aliphatic rings. The lowest BCUT2D eigenvalue weighted by Gasteiger charge is -2.10. The molecule has 6 heteroatoms. The molecule has 0 fully saturated rings. The van der Waals surface area contributed by atoms with Crippen LogP contribution in [0.25, 0.3) is 0 Å². The van der Waals surface area contributed by atoms with Crippen molar-refractivity contribution in [1.82, 2.24) is 5.32 Å². The maximum atomic E-state index is 11.8. The van der Waals surface area contributed by atoms with Gasteiger partial charge in [-0.3, -0.25) is 0 Å². The molecule has 3 nitrogen and oxygen atoms in total. The van der Waals surface area contributed by atoms with Crippen LogP contribution in [0.3, 0.4) is 0 Å². The number of benzene rings is 1. The van der Waals surface area contributed by atoms with Gasteiger partial charge in [-0.25, -0.2) is 4.79 Å². The molecule has 0 saturated carbocycles. The zero-order valence-electron chi connectivity index (χ0n) is 9.48. The van der Waals surface area contributed by atoms with E-state index in [1.54, 1.807) is 17.4 Å². The molecule has 1 aromatic rings. The Morgan fingerprint density at radius 1 is 1.18 bits per heavy atom. The number of rotatable bonds is 2. The smallest absolute Gasteiger partial charge is 0.329 e. The molecule has 1 aromatic carbocycles. The van der Waals surface area contributed by atoms with Gasteiger partial charge in [0.25, 0.3) is 0 Å². The minimum atomic E-state index is -4.40. The lowest BCUT2D eigenvalue weighted by atomic mass is 10.1. The summed E-state index contributed by atoms with van der Waals surface area (Å²) in [5.74, 6) is 0. The Hall–Kier alpha value is -1.72. The van der Waals surface area contributed by atoms with Crippen LogP contribution in [0.1, 0.15) is 11.1 Å². The third kappa shape index (κ3) is 5.24. The van der Waals surface area contributed by atoms with E-state index in [0.717, 1.165) is 11.1 Å². The van der Waals surface area contributed by atoms with Gasteiger partial charge in [-0.05, 0) is 37.1 Å². The zero-order chi connectivity index (χ0) is 13.1. The van der Waals surface area contributed by atoms with E-state index >= 15 is 0 Å². The maximum absolute atomic E-state index is 11.8. The van der Waals surface area contributed by atoms with E-state index in [1.807, 2.05) is 19.9 Å². The van der Waals surface area contributed by atoms with Crippen LogP contribution in [0, 0.1) is 13.8 Å². The van der Waals surface area contributed by atoms with Crippen molar-refractivity contribution < 1.29 is 18.0 Å². The van der Waals surface area contributed by atoms with Crippen molar-refractivity contribution in [2.45, 2.75) is 20.0 Å². The summed E-state index contributed by atoms with van der Waals surface area (Å²) >= 11 is 0. The van der Waals surface area contributed by atoms with Crippen LogP contribution >= 0.6 is 0 Å². The molecule has 94 valence electrons. The molecule has 17 heavy (non-hydrogen) atoms. The van der Waals surface area contributed by atoms with Crippen molar-refractivity contribution in [1.29, 1.82) is 0 Å². The molecule has 0 aliphatic heterocycles. The standard InChI is InChI=1S/C11H13F3N2O/c1-7-3-8(2)5-9(4-7)16-10(17)15-6-11(12,13)14/h3-5H,6H2,1-2H3,(H2,15,16,17). The van der Waals surface area contributed by atoms with Crippen LogP contribution in [0.2, 0.25) is 0 Å². The molecule has 0 bridgehead atoms. The summed E-state index contributed by atoms with van der Waals surface area (Å²) in [5.41, 5.74) is 2.33. The normalized spacial score (nSPS) is 11.1. The van der Waals surface area contributed by atoms with Crippen LogP contribution in [0.4, 0.5) is 23.7 Å². The Kier molecular flexibility index (Phi) is 3.98. The number of urea groups is 1. The van der Waals surface area contributed by atoms with Crippen molar-refractivity contribution in [3.05, 3.63) is 29.3 Å². The van der Waals surface area contributed by atoms with Gasteiger partial charge in [-0.15, -0.1) is 0 Å². The second-order valence-electron chi connectivity index (χ2n) is 3.80. The molecular weight excluding hydrogens is 233 g/mol. The summed E-state index contributed by atoms with van der Waals surface area (Å²) in [6, 6.07) is 4.39. The van der Waals surface area contributed by atoms with Gasteiger partial charge in [0, 0.05) is 5.69 Å². The molecule has 0 saturated heterocycles. The van der Waals surface area contributed by atoms with E-state index in [4.69, 9.17) is 0 Å². The van der Waals surface area contributed by atoms with Gasteiger partial charge in [0.05, 0.1) is 0 Å². The number of alkyl halides is 3. The monoisotopic (exact) mass is 246 g/mol. The summed E-state index contributed by atoms with van der Waals surface area (Å²) in [6.45, 7) is 2.33. The Morgan fingerprint density at radius 2 is 1.71 bits per heavy atom. The van der Waals surface area contributed by atoms with E-state index in [9.17, 15) is 18.0 Å². The van der Waals surface area contributed by atoms with Gasteiger partial charge in [0.2, 0.25) is 0 Å². The predicted molar refractivity (Wildman–Crippen MR) is 59.0 cm³/mol. The average molecular weight is 246 g/mol. The molecule has 0 heterocycles. The molecule has 2 N–H and O–H groups in total. The second kappa shape index (κ2) is 5.07. The van der Waals surface area contributed by atoms with Gasteiger partial charge >= 0.3 is 12.2 Å². The van der Waals surface area contributed by atoms with Crippen molar-refractivity contribution in [2.75, 3.05) is 11.9 Å². The number of anilines is 1. The molecule has 1 rings (SSSR count). The summed E-state index contributed by atoms with van der Waals surface area (Å²) < 4.78 is 35.5. The summed E-state index contributed by atoms with van der Waals surface area (Å²) in [6.07, 6.45) is -4.40. The molecule has 0 aromatic heterocycles. The zero-order valence-corrected chi connectivity index (χ0v) is 9.48. The van der Waals surface area contributed by atoms with Crippen LogP contribution in [0.5, 0.6) is 0 Å². The largest absolute Gasteiger partial charge is 0.405 e. The number of hydrogen-bond donors (Lipinski definition) is 2. The van der Waals surface area contributed by atoms with Crippen molar-refractivity contribution in [3.8, 4) is 0 Å². The third-order valence-corrected chi connectivity index (χ3v) is 1.93. The molecule has 0 radical (unpaired) electrons. The quantitative estimate of drug-likeness (QED) is 0.827. The molecular formula is C11H13F3N2O. The first-order chi connectivity index (χ1) is 7.76. The summed E-state index contributed by atoms with van der Waals surface area (Å²) in [4.78, 5) is 11.2. The molecule has 0 atom stereocenters. The number of aryl methyl sites for hydroxylation is 2. The summed E-state index contributed by atoms with van der Waals surface area (Å²) in [5, 5.41) is 4.08. The summed E-state index contributed by atoms with van der Waals surface area (Å²) in [7, 11) is 0. The van der Waals surface area contributed by atoms with Crippen molar-refractivity contribution in [3.63, 3.8) is 0 Å². The predicted octanol–water partition coefficient (Wildman–Crippen LogP) is 2.99. The van der Waals surface area contributed by atoms with E-state index in [1.165, 1.54) is 0 Å². The maximum Gasteiger partial charge on any atom is 0.405 e. The third-order valence-electron chi connectivity index (χ3n) is 1.93. The van der Waals surface area contributed by atoms with Crippen molar-refractivity contribution in [2.24, 2.45) is 0 Å². The number of halogens is 3. The lowest BCUT2D eigenvalue weighted by molar-refractivity contribution is -0.122. The minimum Gasteiger partial charge on any atom is -0.329 e. The van der Waals surface area contributed by atoms with Gasteiger partial charge in [-0.2, -0.15) is 13.2 Å². The first kappa shape index (κ1) is 13.3. The first-order valence-corrected chi connectivity index (χ1v) is 4.96. The van der Waals surface area contributed by atoms with Crippen LogP contribution in [-0.4, -0.2) is 18.8 Å². The van der Waals surface area contributed by atoms with Gasteiger partial charge in [0.1, 0.15) is 6.54 Å². The van der Waals surface area contributed by atoms with Gasteiger partial charge in [-0.1, -0.05) is 6.07 Å². The number of carbonyl (C=O) groups excluding carboxylic acids is 1. The number of hydrogen-bond acceptors (Lipinski definition) is 1. The molecule has 0 aliphatic carbocycles. The van der Waals surface area contributed by atoms with Crippen molar-refractivity contribution >= 4 is 11.7 Å². The van der Waals surface area contributed by atoms with Crippen LogP contribution in [-0.2, 0) is 0 Å². The van der Waals surface area contributed by atoms with Gasteiger partial charge < -0.3 is 10.6 Å². The Morgan fingerprint density at radius 3 is 2.18 bits per heavy atom. The molecule has 0 spiro atoms. The molecule has 0 unspecified atom stereocenters. The lowest BCUT2D eigenvalue weighted by Crippen LogP contribution is -2.36. The first-order valence-electron chi connectivity index (χ1n) is 4.96. The van der Waals surface area contributed by atoms with Crippen LogP contribution < -0.4 is 10.6 Å². The SMILES string of the molecule is Cc1cc(C)cc(NC(=O)NCC(F)(F)F)c1. The Bertz CT molecular complexity index is 395.